The Morgan fingerprint density at radius 2 is 1.83 bits per heavy atom. The van der Waals surface area contributed by atoms with E-state index in [0.29, 0.717) is 10.0 Å². The normalized spacial score (nSPS) is 11.8. The maximum absolute atomic E-state index is 5.94. The second kappa shape index (κ2) is 3.25. The van der Waals surface area contributed by atoms with Crippen LogP contribution in [0, 0.1) is 0 Å². The van der Waals surface area contributed by atoms with E-state index in [1.54, 1.807) is 18.2 Å². The van der Waals surface area contributed by atoms with Crippen LogP contribution in [0.25, 0.3) is 0 Å². The van der Waals surface area contributed by atoms with E-state index >= 15 is 0 Å². The Morgan fingerprint density at radius 3 is 2.25 bits per heavy atom. The van der Waals surface area contributed by atoms with Crippen LogP contribution in [0.5, 0.6) is 0 Å². The van der Waals surface area contributed by atoms with Crippen molar-refractivity contribution in [1.82, 2.24) is 0 Å². The summed E-state index contributed by atoms with van der Waals surface area (Å²) in [5, 5.41) is 1.32. The molecule has 0 bridgehead atoms. The predicted molar refractivity (Wildman–Crippen MR) is 53.7 cm³/mol. The zero-order valence-electron chi connectivity index (χ0n) is 7.07. The first-order chi connectivity index (χ1) is 5.41. The van der Waals surface area contributed by atoms with Crippen molar-refractivity contribution < 1.29 is 0 Å². The van der Waals surface area contributed by atoms with Crippen molar-refractivity contribution in [2.75, 3.05) is 0 Å². The number of halogens is 2. The van der Waals surface area contributed by atoms with Gasteiger partial charge >= 0.3 is 0 Å². The van der Waals surface area contributed by atoms with Crippen molar-refractivity contribution in [3.05, 3.63) is 33.8 Å². The lowest BCUT2D eigenvalue weighted by Gasteiger charge is -2.20. The fraction of sp³-hybridized carbons (Fsp3) is 0.333. The monoisotopic (exact) mass is 203 g/mol. The molecule has 0 spiro atoms. The van der Waals surface area contributed by atoms with Crippen molar-refractivity contribution >= 4 is 23.2 Å². The smallest absolute Gasteiger partial charge is 0.0457 e. The number of benzene rings is 1. The Morgan fingerprint density at radius 1 is 1.25 bits per heavy atom. The van der Waals surface area contributed by atoms with Crippen LogP contribution < -0.4 is 5.73 Å². The Balaban J connectivity index is 3.23. The van der Waals surface area contributed by atoms with E-state index in [0.717, 1.165) is 5.56 Å². The number of rotatable bonds is 1. The number of hydrogen-bond acceptors (Lipinski definition) is 1. The summed E-state index contributed by atoms with van der Waals surface area (Å²) in [5.74, 6) is 0. The van der Waals surface area contributed by atoms with E-state index in [2.05, 4.69) is 0 Å². The number of hydrogen-bond donors (Lipinski definition) is 1. The lowest BCUT2D eigenvalue weighted by Crippen LogP contribution is -2.28. The largest absolute Gasteiger partial charge is 0.322 e. The summed E-state index contributed by atoms with van der Waals surface area (Å²) in [4.78, 5) is 0. The first-order valence-electron chi connectivity index (χ1n) is 3.65. The van der Waals surface area contributed by atoms with E-state index in [1.807, 2.05) is 13.8 Å². The molecule has 0 aliphatic carbocycles. The van der Waals surface area contributed by atoms with Gasteiger partial charge < -0.3 is 5.73 Å². The standard InChI is InChI=1S/C9H11Cl2N/c1-9(2,12)7-5-6(10)3-4-8(7)11/h3-5H,12H2,1-2H3. The van der Waals surface area contributed by atoms with Gasteiger partial charge in [-0.15, -0.1) is 0 Å². The van der Waals surface area contributed by atoms with Crippen LogP contribution in [0.3, 0.4) is 0 Å². The highest BCUT2D eigenvalue weighted by Crippen LogP contribution is 2.28. The van der Waals surface area contributed by atoms with Crippen molar-refractivity contribution in [2.45, 2.75) is 19.4 Å². The molecule has 0 aliphatic rings. The highest BCUT2D eigenvalue weighted by molar-refractivity contribution is 6.33. The van der Waals surface area contributed by atoms with Gasteiger partial charge in [0.05, 0.1) is 0 Å². The fourth-order valence-electron chi connectivity index (χ4n) is 0.991. The molecule has 0 saturated carbocycles. The van der Waals surface area contributed by atoms with Gasteiger partial charge in [0.1, 0.15) is 0 Å². The predicted octanol–water partition coefficient (Wildman–Crippen LogP) is 3.19. The third-order valence-corrected chi connectivity index (χ3v) is 2.19. The summed E-state index contributed by atoms with van der Waals surface area (Å²) in [6.07, 6.45) is 0. The summed E-state index contributed by atoms with van der Waals surface area (Å²) in [5.41, 5.74) is 6.31. The van der Waals surface area contributed by atoms with Crippen LogP contribution >= 0.6 is 23.2 Å². The highest BCUT2D eigenvalue weighted by Gasteiger charge is 2.17. The van der Waals surface area contributed by atoms with Gasteiger partial charge in [0, 0.05) is 15.6 Å². The molecule has 12 heavy (non-hydrogen) atoms. The van der Waals surface area contributed by atoms with Crippen LogP contribution in [-0.2, 0) is 5.54 Å². The molecule has 0 amide bonds. The lowest BCUT2D eigenvalue weighted by atomic mass is 9.96. The van der Waals surface area contributed by atoms with Crippen LogP contribution in [-0.4, -0.2) is 0 Å². The van der Waals surface area contributed by atoms with Crippen LogP contribution in [0.15, 0.2) is 18.2 Å². The molecule has 0 heterocycles. The summed E-state index contributed by atoms with van der Waals surface area (Å²) in [6.45, 7) is 3.79. The third kappa shape index (κ3) is 2.13. The Labute approximate surface area is 82.5 Å². The lowest BCUT2D eigenvalue weighted by molar-refractivity contribution is 0.555. The molecule has 0 unspecified atom stereocenters. The van der Waals surface area contributed by atoms with E-state index < -0.39 is 5.54 Å². The fourth-order valence-corrected chi connectivity index (χ4v) is 1.52. The molecule has 1 aromatic rings. The molecule has 0 radical (unpaired) electrons. The van der Waals surface area contributed by atoms with Gasteiger partial charge in [0.25, 0.3) is 0 Å². The summed E-state index contributed by atoms with van der Waals surface area (Å²) >= 11 is 11.8. The molecular formula is C9H11Cl2N. The maximum atomic E-state index is 5.94. The van der Waals surface area contributed by atoms with Crippen LogP contribution in [0.4, 0.5) is 0 Å². The minimum absolute atomic E-state index is 0.442. The topological polar surface area (TPSA) is 26.0 Å². The minimum Gasteiger partial charge on any atom is -0.322 e. The molecule has 0 aromatic heterocycles. The average Bonchev–Trinajstić information content (AvgIpc) is 1.92. The minimum atomic E-state index is -0.442. The second-order valence-electron chi connectivity index (χ2n) is 3.35. The van der Waals surface area contributed by atoms with Crippen LogP contribution in [0.2, 0.25) is 10.0 Å². The molecule has 3 heteroatoms. The molecule has 1 rings (SSSR count). The zero-order valence-corrected chi connectivity index (χ0v) is 8.58. The molecular weight excluding hydrogens is 193 g/mol. The van der Waals surface area contributed by atoms with Gasteiger partial charge in [-0.2, -0.15) is 0 Å². The summed E-state index contributed by atoms with van der Waals surface area (Å²) < 4.78 is 0. The van der Waals surface area contributed by atoms with Gasteiger partial charge in [0.15, 0.2) is 0 Å². The Hall–Kier alpha value is -0.240. The van der Waals surface area contributed by atoms with Gasteiger partial charge in [-0.1, -0.05) is 23.2 Å². The molecule has 0 fully saturated rings. The number of nitrogens with two attached hydrogens (primary N) is 1. The molecule has 0 saturated heterocycles. The van der Waals surface area contributed by atoms with E-state index in [4.69, 9.17) is 28.9 Å². The van der Waals surface area contributed by atoms with Crippen molar-refractivity contribution in [1.29, 1.82) is 0 Å². The second-order valence-corrected chi connectivity index (χ2v) is 4.19. The SMILES string of the molecule is CC(C)(N)c1cc(Cl)ccc1Cl. The van der Waals surface area contributed by atoms with E-state index in [-0.39, 0.29) is 0 Å². The Bertz CT molecular complexity index is 289. The molecule has 1 aromatic carbocycles. The van der Waals surface area contributed by atoms with E-state index in [9.17, 15) is 0 Å². The van der Waals surface area contributed by atoms with Gasteiger partial charge in [-0.3, -0.25) is 0 Å². The van der Waals surface area contributed by atoms with Gasteiger partial charge in [0.2, 0.25) is 0 Å². The quantitative estimate of drug-likeness (QED) is 0.746. The summed E-state index contributed by atoms with van der Waals surface area (Å²) in [6, 6.07) is 5.30. The summed E-state index contributed by atoms with van der Waals surface area (Å²) in [7, 11) is 0. The molecule has 1 nitrogen and oxygen atoms in total. The van der Waals surface area contributed by atoms with Gasteiger partial charge in [-0.05, 0) is 37.6 Å². The highest BCUT2D eigenvalue weighted by atomic mass is 35.5. The van der Waals surface area contributed by atoms with Crippen molar-refractivity contribution in [3.63, 3.8) is 0 Å². The first kappa shape index (κ1) is 9.85. The zero-order chi connectivity index (χ0) is 9.35. The first-order valence-corrected chi connectivity index (χ1v) is 4.41. The van der Waals surface area contributed by atoms with Crippen molar-refractivity contribution in [3.8, 4) is 0 Å². The molecule has 0 aliphatic heterocycles. The maximum Gasteiger partial charge on any atom is 0.0457 e. The van der Waals surface area contributed by atoms with Crippen molar-refractivity contribution in [2.24, 2.45) is 5.73 Å². The molecule has 0 atom stereocenters. The van der Waals surface area contributed by atoms with Gasteiger partial charge in [-0.25, -0.2) is 0 Å². The third-order valence-electron chi connectivity index (χ3n) is 1.62. The Kier molecular flexibility index (Phi) is 2.67. The van der Waals surface area contributed by atoms with Crippen LogP contribution in [0.1, 0.15) is 19.4 Å². The average molecular weight is 204 g/mol. The molecule has 2 N–H and O–H groups in total. The molecule has 66 valence electrons. The van der Waals surface area contributed by atoms with E-state index in [1.165, 1.54) is 0 Å².